The Hall–Kier alpha value is -1.81. The van der Waals surface area contributed by atoms with Gasteiger partial charge in [-0.1, -0.05) is 18.2 Å². The predicted molar refractivity (Wildman–Crippen MR) is 61.0 cm³/mol. The van der Waals surface area contributed by atoms with Crippen LogP contribution >= 0.6 is 0 Å². The van der Waals surface area contributed by atoms with Crippen LogP contribution in [0.5, 0.6) is 0 Å². The average Bonchev–Trinajstić information content (AvgIpc) is 2.63. The molecule has 2 aromatic rings. The second kappa shape index (κ2) is 3.64. The Balaban J connectivity index is 2.03. The molecule has 1 aliphatic heterocycles. The summed E-state index contributed by atoms with van der Waals surface area (Å²) in [6.45, 7) is 1.52. The van der Waals surface area contributed by atoms with E-state index in [0.717, 1.165) is 24.5 Å². The molecule has 0 spiro atoms. The molecule has 0 saturated carbocycles. The highest BCUT2D eigenvalue weighted by Crippen LogP contribution is 2.21. The van der Waals surface area contributed by atoms with Crippen LogP contribution in [-0.2, 0) is 19.7 Å². The Morgan fingerprint density at radius 1 is 1.38 bits per heavy atom. The minimum Gasteiger partial charge on any atom is -0.390 e. The topological polar surface area (TPSA) is 50.1 Å². The molecule has 0 atom stereocenters. The van der Waals surface area contributed by atoms with E-state index in [2.05, 4.69) is 22.5 Å². The number of hydrogen-bond acceptors (Lipinski definition) is 3. The van der Waals surface area contributed by atoms with Gasteiger partial charge < -0.3 is 10.4 Å². The molecular weight excluding hydrogens is 202 g/mol. The number of aliphatic hydroxyl groups excluding tert-OH is 1. The smallest absolute Gasteiger partial charge is 0.0882 e. The summed E-state index contributed by atoms with van der Waals surface area (Å²) in [7, 11) is 0. The molecule has 3 rings (SSSR count). The van der Waals surface area contributed by atoms with Crippen LogP contribution in [0.3, 0.4) is 0 Å². The molecule has 4 nitrogen and oxygen atoms in total. The van der Waals surface area contributed by atoms with E-state index in [9.17, 15) is 0 Å². The summed E-state index contributed by atoms with van der Waals surface area (Å²) in [5.74, 6) is 0. The van der Waals surface area contributed by atoms with Gasteiger partial charge in [-0.2, -0.15) is 5.10 Å². The van der Waals surface area contributed by atoms with Crippen LogP contribution < -0.4 is 5.32 Å². The van der Waals surface area contributed by atoms with E-state index < -0.39 is 0 Å². The van der Waals surface area contributed by atoms with Crippen molar-refractivity contribution < 1.29 is 5.11 Å². The third-order valence-corrected chi connectivity index (χ3v) is 2.87. The number of para-hydroxylation sites is 1. The molecule has 0 unspecified atom stereocenters. The zero-order valence-electron chi connectivity index (χ0n) is 8.85. The van der Waals surface area contributed by atoms with Gasteiger partial charge in [0.25, 0.3) is 0 Å². The van der Waals surface area contributed by atoms with Crippen molar-refractivity contribution in [3.63, 3.8) is 0 Å². The number of nitrogens with one attached hydrogen (secondary N) is 1. The highest BCUT2D eigenvalue weighted by molar-refractivity contribution is 5.52. The molecule has 0 radical (unpaired) electrons. The van der Waals surface area contributed by atoms with E-state index in [1.807, 2.05) is 22.9 Å². The normalized spacial score (nSPS) is 13.6. The summed E-state index contributed by atoms with van der Waals surface area (Å²) in [6, 6.07) is 10.2. The van der Waals surface area contributed by atoms with E-state index in [1.165, 1.54) is 11.3 Å². The quantitative estimate of drug-likeness (QED) is 0.755. The molecule has 4 heteroatoms. The molecular formula is C12H13N3O. The summed E-state index contributed by atoms with van der Waals surface area (Å²) in [5, 5.41) is 16.8. The number of benzene rings is 1. The fraction of sp³-hybridized carbons (Fsp3) is 0.250. The van der Waals surface area contributed by atoms with E-state index in [4.69, 9.17) is 5.11 Å². The molecule has 2 heterocycles. The highest BCUT2D eigenvalue weighted by Gasteiger charge is 2.13. The van der Waals surface area contributed by atoms with Gasteiger partial charge in [-0.25, -0.2) is 0 Å². The van der Waals surface area contributed by atoms with Gasteiger partial charge in [0.15, 0.2) is 0 Å². The summed E-state index contributed by atoms with van der Waals surface area (Å²) in [5.41, 5.74) is 4.24. The maximum atomic E-state index is 9.06. The average molecular weight is 215 g/mol. The van der Waals surface area contributed by atoms with Crippen LogP contribution in [-0.4, -0.2) is 14.9 Å². The maximum Gasteiger partial charge on any atom is 0.0882 e. The SMILES string of the molecule is OCc1cc2n(n1)Cc1ccccc1NC2. The Bertz CT molecular complexity index is 519. The molecule has 0 saturated heterocycles. The summed E-state index contributed by atoms with van der Waals surface area (Å²) in [6.07, 6.45) is 0. The van der Waals surface area contributed by atoms with Crippen LogP contribution in [0.15, 0.2) is 30.3 Å². The molecule has 0 fully saturated rings. The van der Waals surface area contributed by atoms with Crippen molar-refractivity contribution in [3.05, 3.63) is 47.3 Å². The van der Waals surface area contributed by atoms with Crippen molar-refractivity contribution in [2.75, 3.05) is 5.32 Å². The second-order valence-electron chi connectivity index (χ2n) is 3.95. The molecule has 0 amide bonds. The number of anilines is 1. The van der Waals surface area contributed by atoms with E-state index in [0.29, 0.717) is 0 Å². The number of hydrogen-bond donors (Lipinski definition) is 2. The van der Waals surface area contributed by atoms with E-state index in [-0.39, 0.29) is 6.61 Å². The third kappa shape index (κ3) is 1.47. The molecule has 1 aliphatic rings. The largest absolute Gasteiger partial charge is 0.390 e. The molecule has 2 N–H and O–H groups in total. The van der Waals surface area contributed by atoms with Crippen molar-refractivity contribution in [2.24, 2.45) is 0 Å². The summed E-state index contributed by atoms with van der Waals surface area (Å²) >= 11 is 0. The lowest BCUT2D eigenvalue weighted by Gasteiger charge is -2.05. The van der Waals surface area contributed by atoms with E-state index >= 15 is 0 Å². The Morgan fingerprint density at radius 2 is 2.25 bits per heavy atom. The van der Waals surface area contributed by atoms with Crippen molar-refractivity contribution in [1.29, 1.82) is 0 Å². The Morgan fingerprint density at radius 3 is 3.12 bits per heavy atom. The van der Waals surface area contributed by atoms with Crippen LogP contribution in [0.1, 0.15) is 17.0 Å². The first-order valence-corrected chi connectivity index (χ1v) is 5.35. The molecule has 1 aromatic heterocycles. The van der Waals surface area contributed by atoms with Crippen LogP contribution in [0, 0.1) is 0 Å². The third-order valence-electron chi connectivity index (χ3n) is 2.87. The van der Waals surface area contributed by atoms with Gasteiger partial charge >= 0.3 is 0 Å². The number of aromatic nitrogens is 2. The van der Waals surface area contributed by atoms with Crippen LogP contribution in [0.2, 0.25) is 0 Å². The molecule has 0 bridgehead atoms. The van der Waals surface area contributed by atoms with Crippen molar-refractivity contribution in [1.82, 2.24) is 9.78 Å². The Kier molecular flexibility index (Phi) is 2.15. The first-order valence-electron chi connectivity index (χ1n) is 5.35. The van der Waals surface area contributed by atoms with Gasteiger partial charge in [0, 0.05) is 5.69 Å². The molecule has 82 valence electrons. The monoisotopic (exact) mass is 215 g/mol. The minimum absolute atomic E-state index is 0.00163. The highest BCUT2D eigenvalue weighted by atomic mass is 16.3. The van der Waals surface area contributed by atoms with Gasteiger partial charge in [0.2, 0.25) is 0 Å². The molecule has 1 aromatic carbocycles. The summed E-state index contributed by atoms with van der Waals surface area (Å²) in [4.78, 5) is 0. The lowest BCUT2D eigenvalue weighted by molar-refractivity contribution is 0.275. The zero-order chi connectivity index (χ0) is 11.0. The number of nitrogens with zero attached hydrogens (tertiary/aromatic N) is 2. The molecule has 16 heavy (non-hydrogen) atoms. The first kappa shape index (κ1) is 9.42. The fourth-order valence-corrected chi connectivity index (χ4v) is 2.05. The lowest BCUT2D eigenvalue weighted by atomic mass is 10.2. The maximum absolute atomic E-state index is 9.06. The zero-order valence-corrected chi connectivity index (χ0v) is 8.85. The predicted octanol–water partition coefficient (Wildman–Crippen LogP) is 1.35. The van der Waals surface area contributed by atoms with Gasteiger partial charge in [-0.05, 0) is 17.7 Å². The standard InChI is InChI=1S/C12H13N3O/c16-8-10-5-11-6-13-12-4-2-1-3-9(12)7-15(11)14-10/h1-5,13,16H,6-8H2. The number of fused-ring (bicyclic) bond motifs is 2. The Labute approximate surface area is 93.5 Å². The number of aliphatic hydroxyl groups is 1. The van der Waals surface area contributed by atoms with Crippen molar-refractivity contribution in [2.45, 2.75) is 19.7 Å². The van der Waals surface area contributed by atoms with Gasteiger partial charge in [-0.3, -0.25) is 4.68 Å². The number of rotatable bonds is 1. The van der Waals surface area contributed by atoms with Crippen LogP contribution in [0.25, 0.3) is 0 Å². The van der Waals surface area contributed by atoms with Crippen molar-refractivity contribution in [3.8, 4) is 0 Å². The minimum atomic E-state index is 0.00163. The van der Waals surface area contributed by atoms with Gasteiger partial charge in [0.05, 0.1) is 31.1 Å². The van der Waals surface area contributed by atoms with E-state index in [1.54, 1.807) is 0 Å². The summed E-state index contributed by atoms with van der Waals surface area (Å²) < 4.78 is 1.95. The lowest BCUT2D eigenvalue weighted by Crippen LogP contribution is -2.04. The second-order valence-corrected chi connectivity index (χ2v) is 3.95. The van der Waals surface area contributed by atoms with Gasteiger partial charge in [0.1, 0.15) is 0 Å². The first-order chi connectivity index (χ1) is 7.86. The van der Waals surface area contributed by atoms with Crippen molar-refractivity contribution >= 4 is 5.69 Å². The fourth-order valence-electron chi connectivity index (χ4n) is 2.05. The van der Waals surface area contributed by atoms with Gasteiger partial charge in [-0.15, -0.1) is 0 Å². The van der Waals surface area contributed by atoms with Crippen LogP contribution in [0.4, 0.5) is 5.69 Å². The molecule has 0 aliphatic carbocycles.